The third-order valence-electron chi connectivity index (χ3n) is 4.24. The van der Waals surface area contributed by atoms with Crippen molar-refractivity contribution in [2.45, 2.75) is 52.2 Å². The van der Waals surface area contributed by atoms with Gasteiger partial charge in [-0.15, -0.1) is 0 Å². The highest BCUT2D eigenvalue weighted by atomic mass is 16.6. The maximum absolute atomic E-state index is 12.1. The second kappa shape index (κ2) is 7.24. The third kappa shape index (κ3) is 4.49. The first-order valence-corrected chi connectivity index (χ1v) is 8.39. The number of piperidine rings is 1. The molecule has 1 saturated heterocycles. The summed E-state index contributed by atoms with van der Waals surface area (Å²) in [6.45, 7) is 8.47. The lowest BCUT2D eigenvalue weighted by Crippen LogP contribution is -2.43. The number of nitrogens with zero attached hydrogens (tertiary/aromatic N) is 1. The largest absolute Gasteiger partial charge is 0.469 e. The van der Waals surface area contributed by atoms with Crippen molar-refractivity contribution in [2.24, 2.45) is 5.92 Å². The predicted molar refractivity (Wildman–Crippen MR) is 93.2 cm³/mol. The maximum atomic E-state index is 12.1. The Balaban J connectivity index is 2.03. The highest BCUT2D eigenvalue weighted by molar-refractivity contribution is 5.90. The first kappa shape index (κ1) is 18.3. The summed E-state index contributed by atoms with van der Waals surface area (Å²) in [5.74, 6) is -0.462. The van der Waals surface area contributed by atoms with E-state index in [1.165, 1.54) is 7.11 Å². The molecule has 132 valence electrons. The molecule has 0 saturated carbocycles. The number of carbonyl (C=O) groups excluding carboxylic acids is 2. The van der Waals surface area contributed by atoms with E-state index in [1.54, 1.807) is 12.1 Å². The van der Waals surface area contributed by atoms with Crippen molar-refractivity contribution >= 4 is 17.6 Å². The number of anilines is 1. The Morgan fingerprint density at radius 1 is 1.17 bits per heavy atom. The van der Waals surface area contributed by atoms with Crippen LogP contribution in [0.5, 0.6) is 0 Å². The predicted octanol–water partition coefficient (Wildman–Crippen LogP) is 3.42. The minimum atomic E-state index is -0.500. The number of carbonyl (C=O) groups is 2. The summed E-state index contributed by atoms with van der Waals surface area (Å²) >= 11 is 0. The molecule has 2 rings (SSSR count). The molecule has 1 aliphatic heterocycles. The number of hydrogen-bond acceptors (Lipinski definition) is 5. The molecule has 2 atom stereocenters. The molecule has 1 heterocycles. The van der Waals surface area contributed by atoms with Crippen LogP contribution in [0.2, 0.25) is 0 Å². The zero-order valence-electron chi connectivity index (χ0n) is 15.2. The van der Waals surface area contributed by atoms with Gasteiger partial charge in [0.1, 0.15) is 5.60 Å². The molecule has 0 radical (unpaired) electrons. The minimum absolute atomic E-state index is 0.0257. The molecule has 0 N–H and O–H groups in total. The topological polar surface area (TPSA) is 55.8 Å². The Labute approximate surface area is 143 Å². The van der Waals surface area contributed by atoms with E-state index in [0.717, 1.165) is 25.1 Å². The van der Waals surface area contributed by atoms with Crippen molar-refractivity contribution in [3.05, 3.63) is 29.8 Å². The van der Waals surface area contributed by atoms with Gasteiger partial charge in [-0.2, -0.15) is 0 Å². The van der Waals surface area contributed by atoms with Crippen LogP contribution in [-0.2, 0) is 14.3 Å². The average molecular weight is 333 g/mol. The van der Waals surface area contributed by atoms with Crippen molar-refractivity contribution in [3.8, 4) is 0 Å². The smallest absolute Gasteiger partial charge is 0.338 e. The Morgan fingerprint density at radius 2 is 1.79 bits per heavy atom. The van der Waals surface area contributed by atoms with Gasteiger partial charge in [-0.1, -0.05) is 0 Å². The number of benzene rings is 1. The highest BCUT2D eigenvalue weighted by Crippen LogP contribution is 2.29. The van der Waals surface area contributed by atoms with E-state index in [9.17, 15) is 9.59 Å². The van der Waals surface area contributed by atoms with Gasteiger partial charge in [-0.05, 0) is 64.8 Å². The Morgan fingerprint density at radius 3 is 2.29 bits per heavy atom. The summed E-state index contributed by atoms with van der Waals surface area (Å²) in [6.07, 6.45) is 1.56. The van der Waals surface area contributed by atoms with Crippen molar-refractivity contribution in [3.63, 3.8) is 0 Å². The fourth-order valence-corrected chi connectivity index (χ4v) is 3.06. The number of esters is 2. The maximum Gasteiger partial charge on any atom is 0.338 e. The summed E-state index contributed by atoms with van der Waals surface area (Å²) < 4.78 is 10.2. The van der Waals surface area contributed by atoms with Gasteiger partial charge in [0.2, 0.25) is 0 Å². The van der Waals surface area contributed by atoms with Gasteiger partial charge < -0.3 is 14.4 Å². The Bertz CT molecular complexity index is 588. The van der Waals surface area contributed by atoms with Gasteiger partial charge >= 0.3 is 11.9 Å². The monoisotopic (exact) mass is 333 g/mol. The van der Waals surface area contributed by atoms with E-state index < -0.39 is 5.60 Å². The van der Waals surface area contributed by atoms with Crippen LogP contribution < -0.4 is 4.90 Å². The second-order valence-electron chi connectivity index (χ2n) is 7.34. The molecule has 1 aromatic rings. The standard InChI is InChI=1S/C19H27NO4/c1-13-12-15(17(21)23-5)10-11-20(13)16-8-6-14(7-9-16)18(22)24-19(2,3)4/h6-9,13,15H,10-12H2,1-5H3/t13-,15-/m1/s1. The van der Waals surface area contributed by atoms with E-state index in [2.05, 4.69) is 11.8 Å². The molecule has 0 spiro atoms. The summed E-state index contributed by atoms with van der Waals surface area (Å²) in [4.78, 5) is 26.0. The highest BCUT2D eigenvalue weighted by Gasteiger charge is 2.30. The lowest BCUT2D eigenvalue weighted by Gasteiger charge is -2.38. The van der Waals surface area contributed by atoms with Crippen LogP contribution in [0, 0.1) is 5.92 Å². The quantitative estimate of drug-likeness (QED) is 0.793. The van der Waals surface area contributed by atoms with Crippen LogP contribution in [0.1, 0.15) is 50.9 Å². The van der Waals surface area contributed by atoms with Crippen molar-refractivity contribution < 1.29 is 19.1 Å². The molecule has 5 nitrogen and oxygen atoms in total. The zero-order valence-corrected chi connectivity index (χ0v) is 15.2. The summed E-state index contributed by atoms with van der Waals surface area (Å²) in [7, 11) is 1.44. The van der Waals surface area contributed by atoms with E-state index in [4.69, 9.17) is 9.47 Å². The molecular weight excluding hydrogens is 306 g/mol. The SMILES string of the molecule is COC(=O)[C@@H]1CCN(c2ccc(C(=O)OC(C)(C)C)cc2)[C@H](C)C1. The van der Waals surface area contributed by atoms with Gasteiger partial charge in [-0.25, -0.2) is 4.79 Å². The molecule has 24 heavy (non-hydrogen) atoms. The third-order valence-corrected chi connectivity index (χ3v) is 4.24. The van der Waals surface area contributed by atoms with Crippen LogP contribution in [-0.4, -0.2) is 37.2 Å². The van der Waals surface area contributed by atoms with Gasteiger partial charge in [0.15, 0.2) is 0 Å². The molecule has 5 heteroatoms. The van der Waals surface area contributed by atoms with Gasteiger partial charge in [0.25, 0.3) is 0 Å². The fraction of sp³-hybridized carbons (Fsp3) is 0.579. The van der Waals surface area contributed by atoms with Crippen LogP contribution in [0.4, 0.5) is 5.69 Å². The van der Waals surface area contributed by atoms with Crippen LogP contribution in [0.15, 0.2) is 24.3 Å². The van der Waals surface area contributed by atoms with Crippen molar-refractivity contribution in [2.75, 3.05) is 18.6 Å². The van der Waals surface area contributed by atoms with Gasteiger partial charge in [0.05, 0.1) is 18.6 Å². The average Bonchev–Trinajstić information content (AvgIpc) is 2.52. The van der Waals surface area contributed by atoms with E-state index >= 15 is 0 Å². The zero-order chi connectivity index (χ0) is 17.9. The van der Waals surface area contributed by atoms with Gasteiger partial charge in [-0.3, -0.25) is 4.79 Å². The van der Waals surface area contributed by atoms with Crippen LogP contribution >= 0.6 is 0 Å². The molecule has 0 unspecified atom stereocenters. The summed E-state index contributed by atoms with van der Waals surface area (Å²) in [5.41, 5.74) is 1.10. The first-order chi connectivity index (χ1) is 11.2. The van der Waals surface area contributed by atoms with Crippen molar-refractivity contribution in [1.82, 2.24) is 0 Å². The summed E-state index contributed by atoms with van der Waals surface area (Å²) in [5, 5.41) is 0. The Hall–Kier alpha value is -2.04. The normalized spacial score (nSPS) is 21.3. The Kier molecular flexibility index (Phi) is 5.52. The van der Waals surface area contributed by atoms with Crippen molar-refractivity contribution in [1.29, 1.82) is 0 Å². The molecule has 0 aromatic heterocycles. The fourth-order valence-electron chi connectivity index (χ4n) is 3.06. The van der Waals surface area contributed by atoms with Crippen LogP contribution in [0.3, 0.4) is 0 Å². The summed E-state index contributed by atoms with van der Waals surface area (Å²) in [6, 6.07) is 7.71. The molecule has 1 fully saturated rings. The number of hydrogen-bond donors (Lipinski definition) is 0. The molecule has 1 aromatic carbocycles. The van der Waals surface area contributed by atoms with Gasteiger partial charge in [0, 0.05) is 18.3 Å². The number of methoxy groups -OCH3 is 1. The second-order valence-corrected chi connectivity index (χ2v) is 7.34. The van der Waals surface area contributed by atoms with E-state index in [1.807, 2.05) is 32.9 Å². The molecule has 0 bridgehead atoms. The number of rotatable bonds is 3. The number of ether oxygens (including phenoxy) is 2. The molecule has 0 amide bonds. The first-order valence-electron chi connectivity index (χ1n) is 8.39. The lowest BCUT2D eigenvalue weighted by atomic mass is 9.91. The van der Waals surface area contributed by atoms with E-state index in [-0.39, 0.29) is 23.9 Å². The van der Waals surface area contributed by atoms with E-state index in [0.29, 0.717) is 5.56 Å². The lowest BCUT2D eigenvalue weighted by molar-refractivity contribution is -0.146. The molecule has 0 aliphatic carbocycles. The molecular formula is C19H27NO4. The molecule has 1 aliphatic rings. The minimum Gasteiger partial charge on any atom is -0.469 e. The van der Waals surface area contributed by atoms with Crippen LogP contribution in [0.25, 0.3) is 0 Å².